The molecular weight excluding hydrogens is 350 g/mol. The normalized spacial score (nSPS) is 17.9. The molecule has 2 heterocycles. The number of rotatable bonds is 4. The Balaban J connectivity index is 1.57. The fourth-order valence-corrected chi connectivity index (χ4v) is 4.10. The maximum atomic E-state index is 13.7. The van der Waals surface area contributed by atoms with Gasteiger partial charge in [0.1, 0.15) is 0 Å². The largest absolute Gasteiger partial charge is 0.348 e. The van der Waals surface area contributed by atoms with E-state index in [0.717, 1.165) is 75.1 Å². The predicted octanol–water partition coefficient (Wildman–Crippen LogP) is 2.85. The summed E-state index contributed by atoms with van der Waals surface area (Å²) in [4.78, 5) is 15.2. The molecule has 7 heteroatoms. The number of piperidine rings is 1. The highest BCUT2D eigenvalue weighted by Crippen LogP contribution is 2.28. The van der Waals surface area contributed by atoms with E-state index >= 15 is 0 Å². The van der Waals surface area contributed by atoms with Gasteiger partial charge in [-0.15, -0.1) is 0 Å². The maximum absolute atomic E-state index is 13.7. The zero-order valence-corrected chi connectivity index (χ0v) is 15.5. The van der Waals surface area contributed by atoms with Gasteiger partial charge in [-0.05, 0) is 50.8 Å². The van der Waals surface area contributed by atoms with E-state index in [4.69, 9.17) is 0 Å². The van der Waals surface area contributed by atoms with Crippen LogP contribution in [-0.2, 0) is 12.8 Å². The maximum Gasteiger partial charge on any atom is 0.272 e. The molecule has 2 aromatic rings. The number of carbonyl (C=O) groups excluding carboxylic acids is 1. The number of hydrogen-bond donors (Lipinski definition) is 1. The molecule has 0 saturated carbocycles. The summed E-state index contributed by atoms with van der Waals surface area (Å²) in [5, 5.41) is 7.59. The molecule has 0 unspecified atom stereocenters. The van der Waals surface area contributed by atoms with Gasteiger partial charge in [0.15, 0.2) is 17.3 Å². The Morgan fingerprint density at radius 2 is 2.00 bits per heavy atom. The molecule has 1 fully saturated rings. The SMILES string of the molecule is CCN1CCC(NC(=O)c2nn(-c3ccc(F)c(F)c3)c3c2CCC3)CC1. The van der Waals surface area contributed by atoms with Crippen LogP contribution in [0.5, 0.6) is 0 Å². The van der Waals surface area contributed by atoms with Crippen LogP contribution in [0.4, 0.5) is 8.78 Å². The van der Waals surface area contributed by atoms with E-state index in [2.05, 4.69) is 22.2 Å². The third-order valence-corrected chi connectivity index (χ3v) is 5.66. The van der Waals surface area contributed by atoms with Crippen molar-refractivity contribution in [1.29, 1.82) is 0 Å². The van der Waals surface area contributed by atoms with Crippen molar-refractivity contribution in [3.05, 3.63) is 46.8 Å². The topological polar surface area (TPSA) is 50.2 Å². The highest BCUT2D eigenvalue weighted by Gasteiger charge is 2.29. The molecule has 0 spiro atoms. The molecule has 0 atom stereocenters. The Morgan fingerprint density at radius 3 is 2.70 bits per heavy atom. The van der Waals surface area contributed by atoms with Gasteiger partial charge in [0.25, 0.3) is 5.91 Å². The second kappa shape index (κ2) is 7.38. The molecule has 1 N–H and O–H groups in total. The Hall–Kier alpha value is -2.28. The molecule has 1 amide bonds. The Labute approximate surface area is 157 Å². The number of benzene rings is 1. The number of amides is 1. The second-order valence-corrected chi connectivity index (χ2v) is 7.32. The molecule has 2 aliphatic rings. The number of carbonyl (C=O) groups is 1. The predicted molar refractivity (Wildman–Crippen MR) is 98.1 cm³/mol. The summed E-state index contributed by atoms with van der Waals surface area (Å²) in [6, 6.07) is 3.87. The van der Waals surface area contributed by atoms with Gasteiger partial charge in [-0.2, -0.15) is 5.10 Å². The Kier molecular flexibility index (Phi) is 4.95. The van der Waals surface area contributed by atoms with Crippen molar-refractivity contribution < 1.29 is 13.6 Å². The van der Waals surface area contributed by atoms with Crippen LogP contribution in [0.1, 0.15) is 47.9 Å². The first-order valence-electron chi connectivity index (χ1n) is 9.66. The fourth-order valence-electron chi connectivity index (χ4n) is 4.10. The summed E-state index contributed by atoms with van der Waals surface area (Å²) in [5.74, 6) is -1.97. The molecule has 1 aromatic heterocycles. The molecule has 4 rings (SSSR count). The van der Waals surface area contributed by atoms with Crippen molar-refractivity contribution in [3.63, 3.8) is 0 Å². The van der Waals surface area contributed by atoms with Crippen molar-refractivity contribution in [2.75, 3.05) is 19.6 Å². The first-order chi connectivity index (χ1) is 13.1. The van der Waals surface area contributed by atoms with Gasteiger partial charge >= 0.3 is 0 Å². The van der Waals surface area contributed by atoms with Crippen molar-refractivity contribution in [3.8, 4) is 5.69 Å². The molecule has 1 aliphatic heterocycles. The highest BCUT2D eigenvalue weighted by molar-refractivity contribution is 5.94. The standard InChI is InChI=1S/C20H24F2N4O/c1-2-25-10-8-13(9-11-25)23-20(27)19-15-4-3-5-18(15)26(24-19)14-6-7-16(21)17(22)12-14/h6-7,12-13H,2-5,8-11H2,1H3,(H,23,27). The average Bonchev–Trinajstić information content (AvgIpc) is 3.27. The molecule has 5 nitrogen and oxygen atoms in total. The minimum Gasteiger partial charge on any atom is -0.348 e. The van der Waals surface area contributed by atoms with Crippen LogP contribution in [0.3, 0.4) is 0 Å². The number of nitrogens with zero attached hydrogens (tertiary/aromatic N) is 3. The van der Waals surface area contributed by atoms with Crippen molar-refractivity contribution in [1.82, 2.24) is 20.0 Å². The van der Waals surface area contributed by atoms with E-state index in [1.807, 2.05) is 0 Å². The van der Waals surface area contributed by atoms with Gasteiger partial charge in [0, 0.05) is 36.5 Å². The van der Waals surface area contributed by atoms with Crippen LogP contribution in [0.25, 0.3) is 5.69 Å². The van der Waals surface area contributed by atoms with Gasteiger partial charge in [-0.1, -0.05) is 6.92 Å². The van der Waals surface area contributed by atoms with Crippen molar-refractivity contribution >= 4 is 5.91 Å². The quantitative estimate of drug-likeness (QED) is 0.895. The van der Waals surface area contributed by atoms with Gasteiger partial charge in [-0.3, -0.25) is 4.79 Å². The lowest BCUT2D eigenvalue weighted by Gasteiger charge is -2.31. The van der Waals surface area contributed by atoms with Gasteiger partial charge in [-0.25, -0.2) is 13.5 Å². The van der Waals surface area contributed by atoms with E-state index in [1.54, 1.807) is 4.68 Å². The molecule has 0 bridgehead atoms. The number of likely N-dealkylation sites (tertiary alicyclic amines) is 1. The summed E-state index contributed by atoms with van der Waals surface area (Å²) in [6.07, 6.45) is 4.38. The summed E-state index contributed by atoms with van der Waals surface area (Å²) in [5.41, 5.74) is 2.72. The van der Waals surface area contributed by atoms with E-state index in [9.17, 15) is 13.6 Å². The van der Waals surface area contributed by atoms with Crippen LogP contribution in [-0.4, -0.2) is 46.3 Å². The highest BCUT2D eigenvalue weighted by atomic mass is 19.2. The van der Waals surface area contributed by atoms with E-state index in [1.165, 1.54) is 6.07 Å². The van der Waals surface area contributed by atoms with Crippen molar-refractivity contribution in [2.45, 2.75) is 45.1 Å². The minimum absolute atomic E-state index is 0.158. The van der Waals surface area contributed by atoms with Gasteiger partial charge in [0.05, 0.1) is 5.69 Å². The molecule has 1 aliphatic carbocycles. The van der Waals surface area contributed by atoms with E-state index in [0.29, 0.717) is 11.4 Å². The minimum atomic E-state index is -0.913. The van der Waals surface area contributed by atoms with E-state index < -0.39 is 11.6 Å². The zero-order chi connectivity index (χ0) is 19.0. The number of fused-ring (bicyclic) bond motifs is 1. The molecule has 1 aromatic carbocycles. The number of hydrogen-bond acceptors (Lipinski definition) is 3. The van der Waals surface area contributed by atoms with Crippen LogP contribution in [0.15, 0.2) is 18.2 Å². The van der Waals surface area contributed by atoms with Crippen LogP contribution >= 0.6 is 0 Å². The lowest BCUT2D eigenvalue weighted by molar-refractivity contribution is 0.0906. The molecular formula is C20H24F2N4O. The van der Waals surface area contributed by atoms with Gasteiger partial charge in [0.2, 0.25) is 0 Å². The zero-order valence-electron chi connectivity index (χ0n) is 15.5. The van der Waals surface area contributed by atoms with E-state index in [-0.39, 0.29) is 11.9 Å². The Morgan fingerprint density at radius 1 is 1.22 bits per heavy atom. The smallest absolute Gasteiger partial charge is 0.272 e. The lowest BCUT2D eigenvalue weighted by Crippen LogP contribution is -2.44. The average molecular weight is 374 g/mol. The molecule has 144 valence electrons. The summed E-state index contributed by atoms with van der Waals surface area (Å²) in [6.45, 7) is 5.16. The Bertz CT molecular complexity index is 856. The van der Waals surface area contributed by atoms with Gasteiger partial charge < -0.3 is 10.2 Å². The van der Waals surface area contributed by atoms with Crippen molar-refractivity contribution in [2.24, 2.45) is 0 Å². The van der Waals surface area contributed by atoms with Crippen LogP contribution < -0.4 is 5.32 Å². The molecule has 0 radical (unpaired) electrons. The summed E-state index contributed by atoms with van der Waals surface area (Å²) in [7, 11) is 0. The van der Waals surface area contributed by atoms with Crippen LogP contribution in [0, 0.1) is 11.6 Å². The summed E-state index contributed by atoms with van der Waals surface area (Å²) >= 11 is 0. The van der Waals surface area contributed by atoms with Crippen LogP contribution in [0.2, 0.25) is 0 Å². The molecule has 27 heavy (non-hydrogen) atoms. The third-order valence-electron chi connectivity index (χ3n) is 5.66. The first kappa shape index (κ1) is 18.1. The molecule has 1 saturated heterocycles. The number of halogens is 2. The second-order valence-electron chi connectivity index (χ2n) is 7.32. The fraction of sp³-hybridized carbons (Fsp3) is 0.500. The third kappa shape index (κ3) is 3.48. The number of nitrogens with one attached hydrogen (secondary N) is 1. The lowest BCUT2D eigenvalue weighted by atomic mass is 10.0. The summed E-state index contributed by atoms with van der Waals surface area (Å²) < 4.78 is 28.5. The first-order valence-corrected chi connectivity index (χ1v) is 9.66. The number of aromatic nitrogens is 2. The monoisotopic (exact) mass is 374 g/mol.